The van der Waals surface area contributed by atoms with E-state index in [2.05, 4.69) is 4.98 Å². The Balaban J connectivity index is 2.12. The molecule has 0 N–H and O–H groups in total. The van der Waals surface area contributed by atoms with E-state index in [9.17, 15) is 4.79 Å². The van der Waals surface area contributed by atoms with Crippen molar-refractivity contribution < 1.29 is 9.53 Å². The molecule has 0 amide bonds. The topological polar surface area (TPSA) is 39.2 Å². The summed E-state index contributed by atoms with van der Waals surface area (Å²) in [4.78, 5) is 16.1. The zero-order valence-electron chi connectivity index (χ0n) is 9.73. The van der Waals surface area contributed by atoms with Crippen LogP contribution in [-0.2, 0) is 9.53 Å². The van der Waals surface area contributed by atoms with Crippen molar-refractivity contribution in [1.29, 1.82) is 0 Å². The summed E-state index contributed by atoms with van der Waals surface area (Å²) in [7, 11) is 1.43. The average molecular weight is 239 g/mol. The summed E-state index contributed by atoms with van der Waals surface area (Å²) in [5.74, 6) is 0.289. The van der Waals surface area contributed by atoms with Gasteiger partial charge in [-0.05, 0) is 19.3 Å². The van der Waals surface area contributed by atoms with Crippen molar-refractivity contribution in [1.82, 2.24) is 4.98 Å². The first kappa shape index (κ1) is 11.6. The fraction of sp³-hybridized carbons (Fsp3) is 0.667. The van der Waals surface area contributed by atoms with Gasteiger partial charge in [-0.3, -0.25) is 4.79 Å². The summed E-state index contributed by atoms with van der Waals surface area (Å²) in [6.07, 6.45) is 4.57. The lowest BCUT2D eigenvalue weighted by Gasteiger charge is -2.22. The second-order valence-electron chi connectivity index (χ2n) is 4.22. The van der Waals surface area contributed by atoms with Crippen LogP contribution in [0.25, 0.3) is 0 Å². The van der Waals surface area contributed by atoms with Crippen LogP contribution in [0.3, 0.4) is 0 Å². The molecule has 1 atom stereocenters. The predicted molar refractivity (Wildman–Crippen MR) is 63.8 cm³/mol. The molecule has 0 spiro atoms. The average Bonchev–Trinajstić information content (AvgIpc) is 2.65. The molecule has 1 unspecified atom stereocenters. The molecule has 1 aromatic rings. The number of aromatic nitrogens is 1. The van der Waals surface area contributed by atoms with Crippen LogP contribution in [0.1, 0.15) is 55.1 Å². The van der Waals surface area contributed by atoms with E-state index in [0.29, 0.717) is 5.92 Å². The van der Waals surface area contributed by atoms with Crippen molar-refractivity contribution in [2.24, 2.45) is 0 Å². The van der Waals surface area contributed by atoms with Gasteiger partial charge in [0.25, 0.3) is 0 Å². The maximum atomic E-state index is 11.5. The highest BCUT2D eigenvalue weighted by Crippen LogP contribution is 2.38. The van der Waals surface area contributed by atoms with Gasteiger partial charge in [0.05, 0.1) is 23.7 Å². The molecule has 0 saturated heterocycles. The summed E-state index contributed by atoms with van der Waals surface area (Å²) in [5, 5.41) is 3.21. The third-order valence-electron chi connectivity index (χ3n) is 3.25. The molecule has 1 aliphatic carbocycles. The van der Waals surface area contributed by atoms with Gasteiger partial charge in [-0.1, -0.05) is 13.3 Å². The van der Waals surface area contributed by atoms with Gasteiger partial charge in [0.2, 0.25) is 0 Å². The number of ether oxygens (including phenoxy) is 1. The van der Waals surface area contributed by atoms with Gasteiger partial charge in [0.1, 0.15) is 0 Å². The Morgan fingerprint density at radius 3 is 2.94 bits per heavy atom. The van der Waals surface area contributed by atoms with E-state index in [-0.39, 0.29) is 11.9 Å². The molecule has 16 heavy (non-hydrogen) atoms. The molecular formula is C12H17NO2S. The molecule has 0 aliphatic heterocycles. The normalized spacial score (nSPS) is 17.9. The molecule has 1 aromatic heterocycles. The highest BCUT2D eigenvalue weighted by Gasteiger charge is 2.26. The molecule has 2 rings (SSSR count). The number of carbonyl (C=O) groups is 1. The number of thiazole rings is 1. The molecule has 1 aliphatic rings. The molecule has 88 valence electrons. The lowest BCUT2D eigenvalue weighted by atomic mass is 9.86. The van der Waals surface area contributed by atoms with Crippen molar-refractivity contribution >= 4 is 17.3 Å². The van der Waals surface area contributed by atoms with Crippen molar-refractivity contribution in [3.8, 4) is 0 Å². The largest absolute Gasteiger partial charge is 0.469 e. The Hall–Kier alpha value is -0.900. The Bertz CT molecular complexity index is 371. The second kappa shape index (κ2) is 4.95. The maximum Gasteiger partial charge on any atom is 0.314 e. The van der Waals surface area contributed by atoms with Gasteiger partial charge in [-0.15, -0.1) is 11.3 Å². The summed E-state index contributed by atoms with van der Waals surface area (Å²) >= 11 is 1.69. The van der Waals surface area contributed by atoms with Crippen molar-refractivity contribution in [3.05, 3.63) is 16.1 Å². The van der Waals surface area contributed by atoms with Gasteiger partial charge in [0, 0.05) is 11.3 Å². The zero-order valence-corrected chi connectivity index (χ0v) is 10.5. The van der Waals surface area contributed by atoms with Crippen LogP contribution in [0.2, 0.25) is 0 Å². The number of methoxy groups -OCH3 is 1. The highest BCUT2D eigenvalue weighted by atomic mass is 32.1. The lowest BCUT2D eigenvalue weighted by molar-refractivity contribution is -0.142. The van der Waals surface area contributed by atoms with Crippen LogP contribution >= 0.6 is 11.3 Å². The maximum absolute atomic E-state index is 11.5. The first-order valence-electron chi connectivity index (χ1n) is 5.79. The summed E-state index contributed by atoms with van der Waals surface area (Å²) in [6, 6.07) is 0. The van der Waals surface area contributed by atoms with Gasteiger partial charge in [-0.2, -0.15) is 0 Å². The van der Waals surface area contributed by atoms with Crippen LogP contribution in [0.5, 0.6) is 0 Å². The Morgan fingerprint density at radius 1 is 1.69 bits per heavy atom. The molecule has 4 heteroatoms. The Labute approximate surface area is 99.8 Å². The van der Waals surface area contributed by atoms with E-state index >= 15 is 0 Å². The SMILES string of the molecule is CCC(C(=O)OC)c1csc(C2CCC2)n1. The molecule has 1 heterocycles. The van der Waals surface area contributed by atoms with Crippen LogP contribution < -0.4 is 0 Å². The summed E-state index contributed by atoms with van der Waals surface area (Å²) in [5.41, 5.74) is 0.890. The van der Waals surface area contributed by atoms with E-state index in [0.717, 1.165) is 12.1 Å². The molecular weight excluding hydrogens is 222 g/mol. The first-order valence-corrected chi connectivity index (χ1v) is 6.67. The standard InChI is InChI=1S/C12H17NO2S/c1-3-9(12(14)15-2)10-7-16-11(13-10)8-5-4-6-8/h7-9H,3-6H2,1-2H3. The minimum Gasteiger partial charge on any atom is -0.469 e. The summed E-state index contributed by atoms with van der Waals surface area (Å²) < 4.78 is 4.79. The highest BCUT2D eigenvalue weighted by molar-refractivity contribution is 7.09. The smallest absolute Gasteiger partial charge is 0.314 e. The number of rotatable bonds is 4. The second-order valence-corrected chi connectivity index (χ2v) is 5.11. The number of hydrogen-bond acceptors (Lipinski definition) is 4. The molecule has 1 fully saturated rings. The molecule has 0 aromatic carbocycles. The van der Waals surface area contributed by atoms with Gasteiger partial charge in [-0.25, -0.2) is 4.98 Å². The van der Waals surface area contributed by atoms with Crippen LogP contribution in [0.4, 0.5) is 0 Å². The van der Waals surface area contributed by atoms with Crippen molar-refractivity contribution in [2.45, 2.75) is 44.4 Å². The third kappa shape index (κ3) is 2.12. The minimum atomic E-state index is -0.185. The molecule has 3 nitrogen and oxygen atoms in total. The van der Waals surface area contributed by atoms with Gasteiger partial charge in [0.15, 0.2) is 0 Å². The Morgan fingerprint density at radius 2 is 2.44 bits per heavy atom. The quantitative estimate of drug-likeness (QED) is 0.758. The van der Waals surface area contributed by atoms with E-state index in [1.807, 2.05) is 12.3 Å². The van der Waals surface area contributed by atoms with Gasteiger partial charge >= 0.3 is 5.97 Å². The van der Waals surface area contributed by atoms with E-state index in [4.69, 9.17) is 4.74 Å². The number of hydrogen-bond donors (Lipinski definition) is 0. The van der Waals surface area contributed by atoms with Gasteiger partial charge < -0.3 is 4.74 Å². The zero-order chi connectivity index (χ0) is 11.5. The number of carbonyl (C=O) groups excluding carboxylic acids is 1. The van der Waals surface area contributed by atoms with Crippen LogP contribution in [0.15, 0.2) is 5.38 Å². The predicted octanol–water partition coefficient (Wildman–Crippen LogP) is 3.08. The van der Waals surface area contributed by atoms with E-state index < -0.39 is 0 Å². The van der Waals surface area contributed by atoms with Crippen molar-refractivity contribution in [2.75, 3.05) is 7.11 Å². The van der Waals surface area contributed by atoms with Crippen LogP contribution in [-0.4, -0.2) is 18.1 Å². The van der Waals surface area contributed by atoms with Crippen molar-refractivity contribution in [3.63, 3.8) is 0 Å². The lowest BCUT2D eigenvalue weighted by Crippen LogP contribution is -2.14. The monoisotopic (exact) mass is 239 g/mol. The number of nitrogens with zero attached hydrogens (tertiary/aromatic N) is 1. The summed E-state index contributed by atoms with van der Waals surface area (Å²) in [6.45, 7) is 1.99. The fourth-order valence-electron chi connectivity index (χ4n) is 1.94. The van der Waals surface area contributed by atoms with Crippen LogP contribution in [0, 0.1) is 0 Å². The molecule has 1 saturated carbocycles. The fourth-order valence-corrected chi connectivity index (χ4v) is 2.99. The molecule has 0 radical (unpaired) electrons. The number of esters is 1. The van der Waals surface area contributed by atoms with E-state index in [1.165, 1.54) is 31.4 Å². The Kier molecular flexibility index (Phi) is 3.59. The third-order valence-corrected chi connectivity index (χ3v) is 4.27. The first-order chi connectivity index (χ1) is 7.76. The minimum absolute atomic E-state index is 0.173. The molecule has 0 bridgehead atoms. The van der Waals surface area contributed by atoms with E-state index in [1.54, 1.807) is 11.3 Å².